The molecule has 3 N–H and O–H groups in total. The highest BCUT2D eigenvalue weighted by Crippen LogP contribution is 2.24. The number of halogens is 1. The number of nitrogens with one attached hydrogen (secondary N) is 1. The van der Waals surface area contributed by atoms with Crippen LogP contribution in [0, 0.1) is 0 Å². The van der Waals surface area contributed by atoms with Gasteiger partial charge < -0.3 is 11.1 Å². The third-order valence-electron chi connectivity index (χ3n) is 3.02. The van der Waals surface area contributed by atoms with Crippen LogP contribution in [-0.2, 0) is 4.79 Å². The number of rotatable bonds is 8. The molecule has 1 aromatic carbocycles. The summed E-state index contributed by atoms with van der Waals surface area (Å²) >= 11 is 3.39. The summed E-state index contributed by atoms with van der Waals surface area (Å²) in [5.41, 5.74) is 7.12. The Kier molecular flexibility index (Phi) is 7.56. The molecule has 0 aromatic heterocycles. The third kappa shape index (κ3) is 6.62. The first kappa shape index (κ1) is 16.0. The van der Waals surface area contributed by atoms with Gasteiger partial charge in [0.15, 0.2) is 0 Å². The van der Waals surface area contributed by atoms with Crippen LogP contribution in [0.2, 0.25) is 0 Å². The quantitative estimate of drug-likeness (QED) is 0.536. The Hall–Kier alpha value is -1.03. The van der Waals surface area contributed by atoms with Gasteiger partial charge in [-0.25, -0.2) is 0 Å². The van der Waals surface area contributed by atoms with Crippen LogP contribution in [-0.4, -0.2) is 5.91 Å². The first-order valence-corrected chi connectivity index (χ1v) is 7.77. The van der Waals surface area contributed by atoms with Crippen LogP contribution in [0.5, 0.6) is 0 Å². The molecular formula is C15H23BrN2O. The molecule has 1 aromatic rings. The molecule has 0 aliphatic rings. The standard InChI is InChI=1S/C15H23BrN2O/c1-2-3-4-5-6-7-8-15(19)18-14-10-9-12(17)11-13(14)16/h9-11H,2-8,17H2,1H3,(H,18,19). The lowest BCUT2D eigenvalue weighted by Gasteiger charge is -2.08. The third-order valence-corrected chi connectivity index (χ3v) is 3.68. The van der Waals surface area contributed by atoms with Crippen LogP contribution in [0.15, 0.2) is 22.7 Å². The van der Waals surface area contributed by atoms with Gasteiger partial charge in [0.1, 0.15) is 0 Å². The maximum absolute atomic E-state index is 11.8. The summed E-state index contributed by atoms with van der Waals surface area (Å²) in [6.45, 7) is 2.21. The molecule has 19 heavy (non-hydrogen) atoms. The van der Waals surface area contributed by atoms with Crippen molar-refractivity contribution in [1.29, 1.82) is 0 Å². The van der Waals surface area contributed by atoms with Crippen molar-refractivity contribution in [2.75, 3.05) is 11.1 Å². The minimum absolute atomic E-state index is 0.0703. The van der Waals surface area contributed by atoms with Gasteiger partial charge in [0.2, 0.25) is 5.91 Å². The molecule has 0 saturated carbocycles. The molecular weight excluding hydrogens is 304 g/mol. The Labute approximate surface area is 124 Å². The zero-order valence-electron chi connectivity index (χ0n) is 11.5. The first-order chi connectivity index (χ1) is 9.13. The molecule has 3 nitrogen and oxygen atoms in total. The summed E-state index contributed by atoms with van der Waals surface area (Å²) in [6, 6.07) is 5.39. The molecule has 0 atom stereocenters. The SMILES string of the molecule is CCCCCCCCC(=O)Nc1ccc(N)cc1Br. The lowest BCUT2D eigenvalue weighted by Crippen LogP contribution is -2.11. The lowest BCUT2D eigenvalue weighted by molar-refractivity contribution is -0.116. The minimum atomic E-state index is 0.0703. The number of carbonyl (C=O) groups is 1. The Bertz CT molecular complexity index is 407. The number of anilines is 2. The van der Waals surface area contributed by atoms with Gasteiger partial charge in [-0.1, -0.05) is 39.0 Å². The highest BCUT2D eigenvalue weighted by atomic mass is 79.9. The van der Waals surface area contributed by atoms with Crippen molar-refractivity contribution in [3.8, 4) is 0 Å². The molecule has 4 heteroatoms. The maximum Gasteiger partial charge on any atom is 0.224 e. The number of nitrogen functional groups attached to an aromatic ring is 1. The van der Waals surface area contributed by atoms with E-state index in [0.717, 1.165) is 23.0 Å². The summed E-state index contributed by atoms with van der Waals surface area (Å²) < 4.78 is 0.823. The maximum atomic E-state index is 11.8. The number of nitrogens with two attached hydrogens (primary N) is 1. The second-order valence-electron chi connectivity index (χ2n) is 4.81. The zero-order chi connectivity index (χ0) is 14.1. The van der Waals surface area contributed by atoms with E-state index in [1.807, 2.05) is 6.07 Å². The van der Waals surface area contributed by atoms with E-state index in [-0.39, 0.29) is 5.91 Å². The molecule has 0 heterocycles. The normalized spacial score (nSPS) is 10.4. The molecule has 0 aliphatic heterocycles. The number of hydrogen-bond acceptors (Lipinski definition) is 2. The van der Waals surface area contributed by atoms with E-state index in [1.54, 1.807) is 12.1 Å². The Balaban J connectivity index is 2.23. The zero-order valence-corrected chi connectivity index (χ0v) is 13.1. The predicted octanol–water partition coefficient (Wildman–Crippen LogP) is 4.72. The lowest BCUT2D eigenvalue weighted by atomic mass is 10.1. The fraction of sp³-hybridized carbons (Fsp3) is 0.533. The van der Waals surface area contributed by atoms with E-state index in [0.29, 0.717) is 12.1 Å². The molecule has 0 spiro atoms. The summed E-state index contributed by atoms with van der Waals surface area (Å²) in [6.07, 6.45) is 7.74. The van der Waals surface area contributed by atoms with Crippen molar-refractivity contribution in [3.63, 3.8) is 0 Å². The van der Waals surface area contributed by atoms with E-state index < -0.39 is 0 Å². The second-order valence-corrected chi connectivity index (χ2v) is 5.66. The average molecular weight is 327 g/mol. The highest BCUT2D eigenvalue weighted by Gasteiger charge is 2.05. The van der Waals surface area contributed by atoms with E-state index in [2.05, 4.69) is 28.2 Å². The second kappa shape index (κ2) is 8.97. The van der Waals surface area contributed by atoms with E-state index in [4.69, 9.17) is 5.73 Å². The summed E-state index contributed by atoms with van der Waals surface area (Å²) in [5.74, 6) is 0.0703. The van der Waals surface area contributed by atoms with E-state index in [9.17, 15) is 4.79 Å². The number of unbranched alkanes of at least 4 members (excludes halogenated alkanes) is 5. The van der Waals surface area contributed by atoms with Crippen molar-refractivity contribution in [3.05, 3.63) is 22.7 Å². The van der Waals surface area contributed by atoms with Crippen molar-refractivity contribution < 1.29 is 4.79 Å². The van der Waals surface area contributed by atoms with Crippen molar-refractivity contribution in [2.45, 2.75) is 51.9 Å². The molecule has 0 radical (unpaired) electrons. The fourth-order valence-electron chi connectivity index (χ4n) is 1.91. The smallest absolute Gasteiger partial charge is 0.224 e. The average Bonchev–Trinajstić information content (AvgIpc) is 2.37. The molecule has 0 fully saturated rings. The summed E-state index contributed by atoms with van der Waals surface area (Å²) in [7, 11) is 0. The summed E-state index contributed by atoms with van der Waals surface area (Å²) in [5, 5.41) is 2.90. The number of benzene rings is 1. The van der Waals surface area contributed by atoms with Crippen LogP contribution >= 0.6 is 15.9 Å². The Morgan fingerprint density at radius 2 is 1.89 bits per heavy atom. The van der Waals surface area contributed by atoms with Gasteiger partial charge in [-0.05, 0) is 40.5 Å². The molecule has 0 aliphatic carbocycles. The fourth-order valence-corrected chi connectivity index (χ4v) is 2.41. The van der Waals surface area contributed by atoms with Gasteiger partial charge in [-0.2, -0.15) is 0 Å². The van der Waals surface area contributed by atoms with E-state index >= 15 is 0 Å². The minimum Gasteiger partial charge on any atom is -0.399 e. The molecule has 1 amide bonds. The monoisotopic (exact) mass is 326 g/mol. The van der Waals surface area contributed by atoms with Gasteiger partial charge in [-0.15, -0.1) is 0 Å². The van der Waals surface area contributed by atoms with Crippen LogP contribution in [0.25, 0.3) is 0 Å². The van der Waals surface area contributed by atoms with Crippen LogP contribution in [0.3, 0.4) is 0 Å². The Morgan fingerprint density at radius 3 is 2.58 bits per heavy atom. The van der Waals surface area contributed by atoms with Gasteiger partial charge in [0, 0.05) is 16.6 Å². The van der Waals surface area contributed by atoms with Crippen LogP contribution in [0.4, 0.5) is 11.4 Å². The largest absolute Gasteiger partial charge is 0.399 e. The van der Waals surface area contributed by atoms with Gasteiger partial charge in [0.25, 0.3) is 0 Å². The number of carbonyl (C=O) groups excluding carboxylic acids is 1. The van der Waals surface area contributed by atoms with Crippen molar-refractivity contribution in [2.24, 2.45) is 0 Å². The highest BCUT2D eigenvalue weighted by molar-refractivity contribution is 9.10. The van der Waals surface area contributed by atoms with Crippen molar-refractivity contribution >= 4 is 33.2 Å². The predicted molar refractivity (Wildman–Crippen MR) is 85.2 cm³/mol. The first-order valence-electron chi connectivity index (χ1n) is 6.98. The van der Waals surface area contributed by atoms with Crippen LogP contribution < -0.4 is 11.1 Å². The molecule has 0 unspecified atom stereocenters. The van der Waals surface area contributed by atoms with Gasteiger partial charge >= 0.3 is 0 Å². The van der Waals surface area contributed by atoms with Crippen LogP contribution in [0.1, 0.15) is 51.9 Å². The van der Waals surface area contributed by atoms with Gasteiger partial charge in [0.05, 0.1) is 5.69 Å². The Morgan fingerprint density at radius 1 is 1.21 bits per heavy atom. The van der Waals surface area contributed by atoms with Gasteiger partial charge in [-0.3, -0.25) is 4.79 Å². The number of hydrogen-bond donors (Lipinski definition) is 2. The van der Waals surface area contributed by atoms with E-state index in [1.165, 1.54) is 25.7 Å². The number of amides is 1. The molecule has 0 saturated heterocycles. The summed E-state index contributed by atoms with van der Waals surface area (Å²) in [4.78, 5) is 11.8. The molecule has 1 rings (SSSR count). The van der Waals surface area contributed by atoms with Crippen molar-refractivity contribution in [1.82, 2.24) is 0 Å². The molecule has 0 bridgehead atoms. The topological polar surface area (TPSA) is 55.1 Å². The molecule has 106 valence electrons.